The van der Waals surface area contributed by atoms with E-state index in [1.54, 1.807) is 19.1 Å². The maximum atomic E-state index is 13.1. The number of rotatable bonds is 10. The van der Waals surface area contributed by atoms with E-state index in [1.165, 1.54) is 18.2 Å². The zero-order chi connectivity index (χ0) is 25.6. The van der Waals surface area contributed by atoms with E-state index in [1.807, 2.05) is 30.3 Å². The molecule has 35 heavy (non-hydrogen) atoms. The summed E-state index contributed by atoms with van der Waals surface area (Å²) in [4.78, 5) is 32.3. The lowest BCUT2D eigenvalue weighted by Gasteiger charge is -2.18. The third-order valence-electron chi connectivity index (χ3n) is 5.09. The second-order valence-electron chi connectivity index (χ2n) is 7.70. The van der Waals surface area contributed by atoms with E-state index < -0.39 is 27.4 Å². The number of nitrogens with zero attached hydrogens (tertiary/aromatic N) is 1. The SMILES string of the molecule is Cc1cc(C(CCON=C(N)N)C(N)=O)c(NS(=O)(=O)c2ccc(-c3ccccc3)cc2)c(=O)[nH]1. The van der Waals surface area contributed by atoms with Crippen LogP contribution in [0.4, 0.5) is 5.69 Å². The number of sulfonamides is 1. The Hall–Kier alpha value is -4.32. The number of aromatic nitrogens is 1. The standard InChI is InChI=1S/C23H26N6O5S/c1-14-13-19(18(21(24)30)11-12-34-28-23(25)26)20(22(31)27-14)29-35(32,33)17-9-7-16(8-10-17)15-5-3-2-4-6-15/h2-10,13,18,29H,11-12H2,1H3,(H2,24,30)(H,27,31)(H4,25,26,28). The quantitative estimate of drug-likeness (QED) is 0.120. The van der Waals surface area contributed by atoms with Crippen LogP contribution < -0.4 is 27.5 Å². The van der Waals surface area contributed by atoms with E-state index in [9.17, 15) is 18.0 Å². The van der Waals surface area contributed by atoms with Crippen molar-refractivity contribution in [3.8, 4) is 11.1 Å². The van der Waals surface area contributed by atoms with Crippen LogP contribution in [-0.2, 0) is 19.7 Å². The molecular weight excluding hydrogens is 472 g/mol. The molecule has 11 nitrogen and oxygen atoms in total. The predicted molar refractivity (Wildman–Crippen MR) is 133 cm³/mol. The smallest absolute Gasteiger partial charge is 0.272 e. The van der Waals surface area contributed by atoms with Gasteiger partial charge in [-0.15, -0.1) is 0 Å². The van der Waals surface area contributed by atoms with Crippen LogP contribution in [0, 0.1) is 6.92 Å². The average Bonchev–Trinajstić information content (AvgIpc) is 2.81. The minimum absolute atomic E-state index is 0.00446. The largest absolute Gasteiger partial charge is 0.393 e. The molecule has 3 aromatic rings. The van der Waals surface area contributed by atoms with E-state index in [-0.39, 0.29) is 35.1 Å². The highest BCUT2D eigenvalue weighted by atomic mass is 32.2. The van der Waals surface area contributed by atoms with Gasteiger partial charge < -0.3 is 27.0 Å². The number of aryl methyl sites for hydroxylation is 1. The van der Waals surface area contributed by atoms with E-state index in [0.717, 1.165) is 11.1 Å². The molecule has 1 atom stereocenters. The molecule has 0 fully saturated rings. The number of hydrogen-bond acceptors (Lipinski definition) is 6. The zero-order valence-electron chi connectivity index (χ0n) is 18.9. The number of carbonyl (C=O) groups is 1. The van der Waals surface area contributed by atoms with Crippen LogP contribution in [0.1, 0.15) is 23.6 Å². The lowest BCUT2D eigenvalue weighted by Crippen LogP contribution is -2.29. The Bertz CT molecular complexity index is 1380. The number of guanidine groups is 1. The normalized spacial score (nSPS) is 11.9. The summed E-state index contributed by atoms with van der Waals surface area (Å²) in [6.07, 6.45) is -0.00446. The van der Waals surface area contributed by atoms with Gasteiger partial charge in [-0.05, 0) is 53.4 Å². The Kier molecular flexibility index (Phi) is 7.76. The van der Waals surface area contributed by atoms with Gasteiger partial charge in [-0.1, -0.05) is 42.5 Å². The van der Waals surface area contributed by atoms with Gasteiger partial charge in [0.15, 0.2) is 0 Å². The number of amides is 1. The number of benzene rings is 2. The van der Waals surface area contributed by atoms with Gasteiger partial charge in [0.25, 0.3) is 15.6 Å². The summed E-state index contributed by atoms with van der Waals surface area (Å²) in [6.45, 7) is 1.49. The fourth-order valence-electron chi connectivity index (χ4n) is 3.49. The summed E-state index contributed by atoms with van der Waals surface area (Å²) in [5.74, 6) is -2.14. The molecule has 8 N–H and O–H groups in total. The molecule has 1 aromatic heterocycles. The second kappa shape index (κ2) is 10.7. The van der Waals surface area contributed by atoms with Crippen molar-refractivity contribution in [1.82, 2.24) is 4.98 Å². The Labute approximate surface area is 202 Å². The Morgan fingerprint density at radius 1 is 1.06 bits per heavy atom. The molecule has 12 heteroatoms. The number of anilines is 1. The summed E-state index contributed by atoms with van der Waals surface area (Å²) in [5, 5.41) is 3.38. The summed E-state index contributed by atoms with van der Waals surface area (Å²) in [6, 6.07) is 17.1. The number of nitrogens with one attached hydrogen (secondary N) is 2. The summed E-state index contributed by atoms with van der Waals surface area (Å²) >= 11 is 0. The van der Waals surface area contributed by atoms with Gasteiger partial charge in [0, 0.05) is 5.69 Å². The van der Waals surface area contributed by atoms with Crippen LogP contribution in [0.5, 0.6) is 0 Å². The van der Waals surface area contributed by atoms with Gasteiger partial charge in [-0.3, -0.25) is 14.3 Å². The van der Waals surface area contributed by atoms with Crippen LogP contribution in [-0.4, -0.2) is 31.9 Å². The molecule has 1 amide bonds. The van der Waals surface area contributed by atoms with Crippen molar-refractivity contribution in [1.29, 1.82) is 0 Å². The maximum Gasteiger partial charge on any atom is 0.272 e. The minimum atomic E-state index is -4.17. The topological polar surface area (TPSA) is 196 Å². The highest BCUT2D eigenvalue weighted by Gasteiger charge is 2.26. The maximum absolute atomic E-state index is 13.1. The fraction of sp³-hybridized carbons (Fsp3) is 0.174. The number of H-pyrrole nitrogens is 1. The molecule has 0 aliphatic rings. The molecule has 0 bridgehead atoms. The number of nitrogens with two attached hydrogens (primary N) is 3. The third-order valence-corrected chi connectivity index (χ3v) is 6.46. The predicted octanol–water partition coefficient (Wildman–Crippen LogP) is 1.32. The van der Waals surface area contributed by atoms with Crippen molar-refractivity contribution in [2.45, 2.75) is 24.2 Å². The number of primary amides is 1. The molecule has 1 heterocycles. The first-order valence-corrected chi connectivity index (χ1v) is 12.0. The van der Waals surface area contributed by atoms with E-state index in [4.69, 9.17) is 22.0 Å². The van der Waals surface area contributed by atoms with Gasteiger partial charge in [-0.2, -0.15) is 0 Å². The van der Waals surface area contributed by atoms with Crippen molar-refractivity contribution in [2.24, 2.45) is 22.4 Å². The number of oxime groups is 1. The highest BCUT2D eigenvalue weighted by molar-refractivity contribution is 7.92. The van der Waals surface area contributed by atoms with Gasteiger partial charge in [0.05, 0.1) is 10.8 Å². The van der Waals surface area contributed by atoms with Crippen LogP contribution in [0.2, 0.25) is 0 Å². The van der Waals surface area contributed by atoms with Crippen LogP contribution >= 0.6 is 0 Å². The Balaban J connectivity index is 1.93. The lowest BCUT2D eigenvalue weighted by atomic mass is 9.94. The number of pyridine rings is 1. The number of aromatic amines is 1. The molecule has 3 rings (SSSR count). The molecule has 0 saturated heterocycles. The average molecular weight is 499 g/mol. The van der Waals surface area contributed by atoms with Crippen molar-refractivity contribution in [3.63, 3.8) is 0 Å². The van der Waals surface area contributed by atoms with Gasteiger partial charge in [0.1, 0.15) is 12.3 Å². The molecule has 1 unspecified atom stereocenters. The number of carbonyl (C=O) groups excluding carboxylic acids is 1. The lowest BCUT2D eigenvalue weighted by molar-refractivity contribution is -0.119. The fourth-order valence-corrected chi connectivity index (χ4v) is 4.58. The first-order chi connectivity index (χ1) is 16.6. The highest BCUT2D eigenvalue weighted by Crippen LogP contribution is 2.28. The van der Waals surface area contributed by atoms with Gasteiger partial charge >= 0.3 is 0 Å². The summed E-state index contributed by atoms with van der Waals surface area (Å²) in [5.41, 5.74) is 17.2. The van der Waals surface area contributed by atoms with Crippen LogP contribution in [0.25, 0.3) is 11.1 Å². The molecule has 0 spiro atoms. The molecule has 2 aromatic carbocycles. The van der Waals surface area contributed by atoms with E-state index >= 15 is 0 Å². The summed E-state index contributed by atoms with van der Waals surface area (Å²) < 4.78 is 28.5. The van der Waals surface area contributed by atoms with Gasteiger partial charge in [-0.25, -0.2) is 8.42 Å². The van der Waals surface area contributed by atoms with Crippen molar-refractivity contribution in [3.05, 3.63) is 82.3 Å². The molecule has 0 saturated carbocycles. The van der Waals surface area contributed by atoms with Gasteiger partial charge in [0.2, 0.25) is 11.9 Å². The minimum Gasteiger partial charge on any atom is -0.393 e. The van der Waals surface area contributed by atoms with E-state index in [0.29, 0.717) is 5.69 Å². The van der Waals surface area contributed by atoms with Crippen LogP contribution in [0.15, 0.2) is 75.5 Å². The molecule has 0 aliphatic carbocycles. The first-order valence-electron chi connectivity index (χ1n) is 10.5. The van der Waals surface area contributed by atoms with Crippen molar-refractivity contribution in [2.75, 3.05) is 11.3 Å². The second-order valence-corrected chi connectivity index (χ2v) is 9.38. The molecule has 0 aliphatic heterocycles. The first kappa shape index (κ1) is 25.3. The molecular formula is C23H26N6O5S. The Morgan fingerprint density at radius 2 is 1.69 bits per heavy atom. The monoisotopic (exact) mass is 498 g/mol. The molecule has 184 valence electrons. The Morgan fingerprint density at radius 3 is 2.29 bits per heavy atom. The van der Waals surface area contributed by atoms with E-state index in [2.05, 4.69) is 14.9 Å². The summed E-state index contributed by atoms with van der Waals surface area (Å²) in [7, 11) is -4.17. The van der Waals surface area contributed by atoms with Crippen molar-refractivity contribution >= 4 is 27.6 Å². The number of hydrogen-bond donors (Lipinski definition) is 5. The van der Waals surface area contributed by atoms with Crippen LogP contribution in [0.3, 0.4) is 0 Å². The molecule has 0 radical (unpaired) electrons. The zero-order valence-corrected chi connectivity index (χ0v) is 19.7. The third kappa shape index (κ3) is 6.38. The van der Waals surface area contributed by atoms with Crippen molar-refractivity contribution < 1.29 is 18.0 Å².